The van der Waals surface area contributed by atoms with E-state index in [-0.39, 0.29) is 12.0 Å². The largest absolute Gasteiger partial charge is 0.497 e. The minimum Gasteiger partial charge on any atom is -0.497 e. The first-order valence-electron chi connectivity index (χ1n) is 8.63. The Hall–Kier alpha value is -2.08. The van der Waals surface area contributed by atoms with Crippen molar-refractivity contribution >= 4 is 17.5 Å². The Morgan fingerprint density at radius 1 is 1.31 bits per heavy atom. The normalized spacial score (nSPS) is 17.7. The van der Waals surface area contributed by atoms with Gasteiger partial charge in [0.05, 0.1) is 26.4 Å². The van der Waals surface area contributed by atoms with E-state index in [2.05, 4.69) is 10.2 Å². The Morgan fingerprint density at radius 2 is 2.12 bits per heavy atom. The van der Waals surface area contributed by atoms with Crippen molar-refractivity contribution in [2.45, 2.75) is 12.6 Å². The first-order valence-corrected chi connectivity index (χ1v) is 9.01. The number of methoxy groups -OCH3 is 1. The number of carbonyl (C=O) groups excluding carboxylic acids is 1. The van der Waals surface area contributed by atoms with E-state index >= 15 is 0 Å². The number of amides is 1. The summed E-state index contributed by atoms with van der Waals surface area (Å²) < 4.78 is 11.0. The highest BCUT2D eigenvalue weighted by atomic mass is 35.5. The van der Waals surface area contributed by atoms with Crippen molar-refractivity contribution in [3.8, 4) is 5.75 Å². The predicted molar refractivity (Wildman–Crippen MR) is 101 cm³/mol. The van der Waals surface area contributed by atoms with Gasteiger partial charge < -0.3 is 14.8 Å². The molecule has 0 spiro atoms. The van der Waals surface area contributed by atoms with E-state index < -0.39 is 0 Å². The van der Waals surface area contributed by atoms with E-state index in [1.54, 1.807) is 7.11 Å². The fourth-order valence-corrected chi connectivity index (χ4v) is 3.09. The van der Waals surface area contributed by atoms with Gasteiger partial charge in [-0.3, -0.25) is 9.69 Å². The lowest BCUT2D eigenvalue weighted by Crippen LogP contribution is -2.44. The van der Waals surface area contributed by atoms with Crippen molar-refractivity contribution in [3.05, 3.63) is 64.7 Å². The molecule has 3 rings (SSSR count). The minimum atomic E-state index is -0.0350. The summed E-state index contributed by atoms with van der Waals surface area (Å²) in [6, 6.07) is 15.4. The number of hydrogen-bond donors (Lipinski definition) is 1. The molecule has 1 fully saturated rings. The fraction of sp³-hybridized carbons (Fsp3) is 0.350. The van der Waals surface area contributed by atoms with Crippen LogP contribution in [0.2, 0.25) is 5.02 Å². The molecule has 1 atom stereocenters. The van der Waals surface area contributed by atoms with Crippen LogP contribution in [0.3, 0.4) is 0 Å². The molecule has 0 radical (unpaired) electrons. The number of rotatable bonds is 6. The van der Waals surface area contributed by atoms with E-state index in [1.165, 1.54) is 0 Å². The molecule has 1 amide bonds. The summed E-state index contributed by atoms with van der Waals surface area (Å²) in [5.74, 6) is 0.792. The zero-order valence-electron chi connectivity index (χ0n) is 14.8. The molecule has 1 aliphatic rings. The second-order valence-electron chi connectivity index (χ2n) is 6.27. The molecule has 0 aliphatic carbocycles. The molecule has 5 nitrogen and oxygen atoms in total. The van der Waals surface area contributed by atoms with Gasteiger partial charge in [0.25, 0.3) is 0 Å². The molecule has 1 aliphatic heterocycles. The fourth-order valence-electron chi connectivity index (χ4n) is 2.97. The Bertz CT molecular complexity index is 736. The molecule has 0 bridgehead atoms. The number of carbonyl (C=O) groups is 1. The highest BCUT2D eigenvalue weighted by Crippen LogP contribution is 2.23. The van der Waals surface area contributed by atoms with Crippen LogP contribution in [0, 0.1) is 0 Å². The molecule has 6 heteroatoms. The van der Waals surface area contributed by atoms with Gasteiger partial charge in [-0.25, -0.2) is 0 Å². The topological polar surface area (TPSA) is 50.8 Å². The Labute approximate surface area is 158 Å². The standard InChI is InChI=1S/C20H23ClN2O3/c1-25-18-4-2-3-15(11-18)12-22-20(24)14-23-9-10-26-19(13-23)16-5-7-17(21)8-6-16/h2-8,11,19H,9-10,12-14H2,1H3,(H,22,24). The molecule has 138 valence electrons. The third kappa shape index (κ3) is 5.21. The lowest BCUT2D eigenvalue weighted by molar-refractivity contribution is -0.124. The SMILES string of the molecule is COc1cccc(CNC(=O)CN2CCOC(c3ccc(Cl)cc3)C2)c1. The van der Waals surface area contributed by atoms with Crippen LogP contribution < -0.4 is 10.1 Å². The Balaban J connectivity index is 1.49. The zero-order chi connectivity index (χ0) is 18.4. The van der Waals surface area contributed by atoms with Gasteiger partial charge in [-0.2, -0.15) is 0 Å². The molecule has 1 heterocycles. The third-order valence-corrected chi connectivity index (χ3v) is 4.64. The monoisotopic (exact) mass is 374 g/mol. The van der Waals surface area contributed by atoms with Gasteiger partial charge in [0, 0.05) is 24.7 Å². The molecule has 0 aromatic heterocycles. The van der Waals surface area contributed by atoms with Crippen LogP contribution >= 0.6 is 11.6 Å². The van der Waals surface area contributed by atoms with Gasteiger partial charge in [-0.05, 0) is 35.4 Å². The number of nitrogens with zero attached hydrogens (tertiary/aromatic N) is 1. The summed E-state index contributed by atoms with van der Waals surface area (Å²) in [7, 11) is 1.63. The maximum Gasteiger partial charge on any atom is 0.234 e. The number of hydrogen-bond acceptors (Lipinski definition) is 4. The van der Waals surface area contributed by atoms with E-state index in [0.29, 0.717) is 31.3 Å². The van der Waals surface area contributed by atoms with Crippen LogP contribution in [0.5, 0.6) is 5.75 Å². The molecule has 26 heavy (non-hydrogen) atoms. The number of morpholine rings is 1. The van der Waals surface area contributed by atoms with Crippen LogP contribution in [-0.4, -0.2) is 44.2 Å². The van der Waals surface area contributed by atoms with Crippen molar-refractivity contribution in [1.29, 1.82) is 0 Å². The molecule has 0 saturated carbocycles. The molecule has 2 aromatic rings. The summed E-state index contributed by atoms with van der Waals surface area (Å²) in [5, 5.41) is 3.67. The van der Waals surface area contributed by atoms with Crippen molar-refractivity contribution in [2.75, 3.05) is 33.4 Å². The highest BCUT2D eigenvalue weighted by Gasteiger charge is 2.23. The van der Waals surface area contributed by atoms with Gasteiger partial charge in [-0.1, -0.05) is 35.9 Å². The number of halogens is 1. The van der Waals surface area contributed by atoms with Gasteiger partial charge in [0.15, 0.2) is 0 Å². The van der Waals surface area contributed by atoms with Crippen molar-refractivity contribution in [2.24, 2.45) is 0 Å². The number of ether oxygens (including phenoxy) is 2. The maximum absolute atomic E-state index is 12.3. The lowest BCUT2D eigenvalue weighted by Gasteiger charge is -2.32. The zero-order valence-corrected chi connectivity index (χ0v) is 15.5. The summed E-state index contributed by atoms with van der Waals surface area (Å²) in [5.41, 5.74) is 2.09. The second-order valence-corrected chi connectivity index (χ2v) is 6.71. The Morgan fingerprint density at radius 3 is 2.88 bits per heavy atom. The average molecular weight is 375 g/mol. The first kappa shape index (κ1) is 18.7. The van der Waals surface area contributed by atoms with Crippen molar-refractivity contribution < 1.29 is 14.3 Å². The number of benzene rings is 2. The number of nitrogens with one attached hydrogen (secondary N) is 1. The molecule has 1 N–H and O–H groups in total. The van der Waals surface area contributed by atoms with Crippen LogP contribution in [0.15, 0.2) is 48.5 Å². The van der Waals surface area contributed by atoms with Crippen LogP contribution in [-0.2, 0) is 16.1 Å². The molecular weight excluding hydrogens is 352 g/mol. The van der Waals surface area contributed by atoms with E-state index in [0.717, 1.165) is 23.4 Å². The summed E-state index contributed by atoms with van der Waals surface area (Å²) in [4.78, 5) is 14.4. The quantitative estimate of drug-likeness (QED) is 0.844. The van der Waals surface area contributed by atoms with Gasteiger partial charge in [0.1, 0.15) is 5.75 Å². The molecular formula is C20H23ClN2O3. The first-order chi connectivity index (χ1) is 12.6. The maximum atomic E-state index is 12.3. The lowest BCUT2D eigenvalue weighted by atomic mass is 10.1. The predicted octanol–water partition coefficient (Wildman–Crippen LogP) is 3.04. The van der Waals surface area contributed by atoms with Gasteiger partial charge in [0.2, 0.25) is 5.91 Å². The third-order valence-electron chi connectivity index (χ3n) is 4.38. The highest BCUT2D eigenvalue weighted by molar-refractivity contribution is 6.30. The molecule has 2 aromatic carbocycles. The van der Waals surface area contributed by atoms with E-state index in [1.807, 2.05) is 48.5 Å². The van der Waals surface area contributed by atoms with E-state index in [9.17, 15) is 4.79 Å². The van der Waals surface area contributed by atoms with Crippen LogP contribution in [0.4, 0.5) is 0 Å². The average Bonchev–Trinajstić information content (AvgIpc) is 2.67. The van der Waals surface area contributed by atoms with Crippen molar-refractivity contribution in [1.82, 2.24) is 10.2 Å². The second kappa shape index (κ2) is 9.03. The van der Waals surface area contributed by atoms with E-state index in [4.69, 9.17) is 21.1 Å². The minimum absolute atomic E-state index is 0.00424. The molecule has 1 saturated heterocycles. The summed E-state index contributed by atoms with van der Waals surface area (Å²) in [6.07, 6.45) is -0.0350. The van der Waals surface area contributed by atoms with Crippen LogP contribution in [0.25, 0.3) is 0 Å². The van der Waals surface area contributed by atoms with Crippen molar-refractivity contribution in [3.63, 3.8) is 0 Å². The van der Waals surface area contributed by atoms with Crippen LogP contribution in [0.1, 0.15) is 17.2 Å². The smallest absolute Gasteiger partial charge is 0.234 e. The van der Waals surface area contributed by atoms with Gasteiger partial charge in [-0.15, -0.1) is 0 Å². The molecule has 1 unspecified atom stereocenters. The Kier molecular flexibility index (Phi) is 6.50. The van der Waals surface area contributed by atoms with Gasteiger partial charge >= 0.3 is 0 Å². The summed E-state index contributed by atoms with van der Waals surface area (Å²) in [6.45, 7) is 2.89. The summed E-state index contributed by atoms with van der Waals surface area (Å²) >= 11 is 5.94.